The number of rotatable bonds is 23. The number of aromatic nitrogens is 4. The van der Waals surface area contributed by atoms with E-state index >= 15 is 0 Å². The summed E-state index contributed by atoms with van der Waals surface area (Å²) < 4.78 is 14.2. The fourth-order valence-electron chi connectivity index (χ4n) is 16.2. The predicted octanol–water partition coefficient (Wildman–Crippen LogP) is 25.1. The molecule has 0 spiro atoms. The first-order valence-electron chi connectivity index (χ1n) is 42.7. The van der Waals surface area contributed by atoms with Gasteiger partial charge in [-0.3, -0.25) is 19.2 Å². The van der Waals surface area contributed by atoms with Crippen molar-refractivity contribution in [2.75, 3.05) is 7.11 Å². The molecule has 0 saturated carbocycles. The normalized spacial score (nSPS) is 11.8. The number of oxime groups is 4. The van der Waals surface area contributed by atoms with Crippen molar-refractivity contribution in [2.24, 2.45) is 20.6 Å². The topological polar surface area (TPSA) is 252 Å². The van der Waals surface area contributed by atoms with Gasteiger partial charge in [-0.1, -0.05) is 117 Å². The summed E-state index contributed by atoms with van der Waals surface area (Å²) in [4.78, 5) is 119. The number of nitrogens with zero attached hydrogens (tertiary/aromatic N) is 8. The lowest BCUT2D eigenvalue weighted by molar-refractivity contribution is -0.141. The monoisotopic (exact) mass is 1830 g/mol. The van der Waals surface area contributed by atoms with Crippen molar-refractivity contribution < 1.29 is 62.4 Å². The van der Waals surface area contributed by atoms with Gasteiger partial charge in [0.25, 0.3) is 0 Å². The summed E-state index contributed by atoms with van der Waals surface area (Å²) in [6, 6.07) is 88.8. The van der Waals surface area contributed by atoms with Crippen molar-refractivity contribution in [3.8, 4) is 17.1 Å². The largest absolute Gasteiger partial charge is 0.497 e. The SMILES string of the molecule is CC(=O)O/N=C(\C)c1ccc2c(c1)c1cc(C(=O)c3cccs3)ccc1n2-c1ccc(C)cc1.CCn1c2ccc(C(=O)c3cccs3)cc2c2cc(/C(C)=N/OC(C)=O)ccc21.CCn1c2ccc(C(=O)c3cccs3)cc2c2cc(/C(Cc3ccccc3)=N/OC(C)=O)ccc21.COc1ccc(-n2c3ccc(C(=O)c4cccs4)cc3c3cc(/C(C)=N/OC(C)=O)ccc32)cc1. The van der Waals surface area contributed by atoms with Crippen molar-refractivity contribution >= 4 is 202 Å². The average Bonchev–Trinajstić information content (AvgIpc) is 1.61. The summed E-state index contributed by atoms with van der Waals surface area (Å²) >= 11 is 5.77. The molecular formula is C108H88N8O13S4. The van der Waals surface area contributed by atoms with E-state index in [0.717, 1.165) is 155 Å². The van der Waals surface area contributed by atoms with Gasteiger partial charge >= 0.3 is 23.9 Å². The number of hydrogen-bond donors (Lipinski definition) is 0. The maximum absolute atomic E-state index is 13.1. The summed E-state index contributed by atoms with van der Waals surface area (Å²) in [6.07, 6.45) is 0.522. The van der Waals surface area contributed by atoms with Crippen LogP contribution in [0.25, 0.3) is 98.6 Å². The van der Waals surface area contributed by atoms with E-state index in [4.69, 9.17) is 24.1 Å². The molecule has 19 aromatic rings. The maximum atomic E-state index is 13.1. The Bertz CT molecular complexity index is 7850. The van der Waals surface area contributed by atoms with Crippen LogP contribution in [0.2, 0.25) is 0 Å². The molecule has 0 amide bonds. The number of ketones is 4. The number of aryl methyl sites for hydroxylation is 3. The Kier molecular flexibility index (Phi) is 27.5. The molecule has 21 nitrogen and oxygen atoms in total. The highest BCUT2D eigenvalue weighted by molar-refractivity contribution is 7.13. The van der Waals surface area contributed by atoms with Gasteiger partial charge in [0.2, 0.25) is 23.1 Å². The van der Waals surface area contributed by atoms with Crippen molar-refractivity contribution in [3.05, 3.63) is 370 Å². The van der Waals surface area contributed by atoms with Crippen molar-refractivity contribution in [3.63, 3.8) is 0 Å². The van der Waals surface area contributed by atoms with Crippen molar-refractivity contribution in [2.45, 2.75) is 88.7 Å². The minimum absolute atomic E-state index is 0.00370. The Balaban J connectivity index is 0.000000129. The van der Waals surface area contributed by atoms with Crippen LogP contribution in [-0.4, -0.2) is 95.2 Å². The van der Waals surface area contributed by atoms with Gasteiger partial charge in [-0.2, -0.15) is 0 Å². The van der Waals surface area contributed by atoms with Gasteiger partial charge in [0.05, 0.1) is 71.5 Å². The van der Waals surface area contributed by atoms with Gasteiger partial charge in [0, 0.05) is 152 Å². The number of benzene rings is 11. The van der Waals surface area contributed by atoms with Crippen LogP contribution in [0.15, 0.2) is 315 Å². The van der Waals surface area contributed by atoms with Crippen LogP contribution in [0.5, 0.6) is 5.75 Å². The standard InChI is InChI=1S/C29H24N2O3S.C28H22N2O4S.C28H22N2O3S.C23H20N2O3S/c1-3-31-26-13-11-21(25(30-34-19(2)32)16-20-8-5-4-6-9-20)17-23(26)24-18-22(12-14-27(24)31)29(33)28-10-7-15-35-28;1-17(29-34-18(2)31)19-6-12-25-23(15-19)24-16-20(28(32)27-5-4-14-35-27)7-13-26(24)30(25)21-8-10-22(33-3)11-9-21;1-17-6-10-22(11-7-17)30-25-12-8-20(18(2)29-33-19(3)31)15-23(25)24-16-21(9-13-26(24)30)28(32)27-5-4-14-34-27;1-4-25-20-9-7-16(14(2)24-28-15(3)26)12-18(20)19-13-17(8-10-21(19)25)23(27)22-6-5-11-29-22/h4-15,17-18H,3,16H2,1-2H3;4-16H,1-3H3;4-16H,1-3H3;5-13H,4H2,1-3H3/b30-25+;29-17+;29-18+;24-14+. The molecule has 0 radical (unpaired) electrons. The molecule has 11 aromatic carbocycles. The molecule has 0 fully saturated rings. The highest BCUT2D eigenvalue weighted by Gasteiger charge is 2.24. The number of carbonyl (C=O) groups is 8. The van der Waals surface area contributed by atoms with E-state index in [1.165, 1.54) is 78.6 Å². The third-order valence-corrected chi connectivity index (χ3v) is 26.0. The first kappa shape index (κ1) is 90.8. The highest BCUT2D eigenvalue weighted by atomic mass is 32.1. The van der Waals surface area contributed by atoms with Crippen LogP contribution in [-0.2, 0) is 58.0 Å². The Morgan fingerprint density at radius 2 is 0.564 bits per heavy atom. The van der Waals surface area contributed by atoms with Gasteiger partial charge < -0.3 is 42.4 Å². The van der Waals surface area contributed by atoms with Gasteiger partial charge in [-0.15, -0.1) is 45.3 Å². The van der Waals surface area contributed by atoms with Crippen LogP contribution in [0, 0.1) is 6.92 Å². The molecule has 0 aliphatic carbocycles. The van der Waals surface area contributed by atoms with E-state index in [1.807, 2.05) is 258 Å². The van der Waals surface area contributed by atoms with E-state index < -0.39 is 23.9 Å². The molecule has 0 saturated heterocycles. The van der Waals surface area contributed by atoms with Gasteiger partial charge in [0.1, 0.15) is 5.75 Å². The minimum Gasteiger partial charge on any atom is -0.497 e. The molecule has 0 aliphatic rings. The second kappa shape index (κ2) is 40.2. The highest BCUT2D eigenvalue weighted by Crippen LogP contribution is 2.40. The molecule has 8 heterocycles. The Hall–Kier alpha value is -15.5. The van der Waals surface area contributed by atoms with Crippen LogP contribution >= 0.6 is 45.3 Å². The second-order valence-corrected chi connectivity index (χ2v) is 35.1. The molecule has 0 aliphatic heterocycles. The molecule has 662 valence electrons. The third-order valence-electron chi connectivity index (χ3n) is 22.6. The number of carbonyl (C=O) groups excluding carboxylic acids is 8. The zero-order valence-corrected chi connectivity index (χ0v) is 77.7. The molecule has 8 aromatic heterocycles. The van der Waals surface area contributed by atoms with E-state index in [2.05, 4.69) is 96.1 Å². The van der Waals surface area contributed by atoms with Crippen molar-refractivity contribution in [1.29, 1.82) is 0 Å². The summed E-state index contributed by atoms with van der Waals surface area (Å²) in [5.74, 6) is -1.02. The molecule has 0 atom stereocenters. The molecule has 25 heteroatoms. The van der Waals surface area contributed by atoms with Gasteiger partial charge in [-0.25, -0.2) is 19.2 Å². The van der Waals surface area contributed by atoms with Crippen LogP contribution in [0.4, 0.5) is 0 Å². The number of hydrogen-bond acceptors (Lipinski definition) is 21. The lowest BCUT2D eigenvalue weighted by atomic mass is 9.99. The Morgan fingerprint density at radius 1 is 0.293 bits per heavy atom. The molecule has 0 unspecified atom stereocenters. The first-order valence-corrected chi connectivity index (χ1v) is 46.2. The lowest BCUT2D eigenvalue weighted by Crippen LogP contribution is -2.08. The molecule has 0 bridgehead atoms. The van der Waals surface area contributed by atoms with E-state index in [1.54, 1.807) is 27.9 Å². The Morgan fingerprint density at radius 3 is 0.857 bits per heavy atom. The van der Waals surface area contributed by atoms with Crippen molar-refractivity contribution in [1.82, 2.24) is 18.3 Å². The minimum atomic E-state index is -0.474. The van der Waals surface area contributed by atoms with E-state index in [9.17, 15) is 38.4 Å². The van der Waals surface area contributed by atoms with Gasteiger partial charge in [0.15, 0.2) is 0 Å². The van der Waals surface area contributed by atoms with Crippen LogP contribution in [0.3, 0.4) is 0 Å². The lowest BCUT2D eigenvalue weighted by Gasteiger charge is -2.09. The fraction of sp³-hybridized carbons (Fsp3) is 0.130. The number of methoxy groups -OCH3 is 1. The molecular weight excluding hydrogens is 1750 g/mol. The molecule has 0 N–H and O–H groups in total. The smallest absolute Gasteiger partial charge is 0.331 e. The summed E-state index contributed by atoms with van der Waals surface area (Å²) in [5.41, 5.74) is 21.0. The van der Waals surface area contributed by atoms with E-state index in [-0.39, 0.29) is 23.1 Å². The molecule has 133 heavy (non-hydrogen) atoms. The number of thiophene rings is 4. The summed E-state index contributed by atoms with van der Waals surface area (Å²) in [5, 5.41) is 31.6. The second-order valence-electron chi connectivity index (χ2n) is 31.3. The first-order chi connectivity index (χ1) is 64.4. The average molecular weight is 1830 g/mol. The zero-order valence-electron chi connectivity index (χ0n) is 74.4. The Labute approximate surface area is 780 Å². The predicted molar refractivity (Wildman–Crippen MR) is 534 cm³/mol. The number of ether oxygens (including phenoxy) is 1. The maximum Gasteiger partial charge on any atom is 0.331 e. The zero-order chi connectivity index (χ0) is 93.3. The van der Waals surface area contributed by atoms with Crippen LogP contribution < -0.4 is 4.74 Å². The molecule has 19 rings (SSSR count). The van der Waals surface area contributed by atoms with E-state index in [0.29, 0.717) is 61.3 Å². The fourth-order valence-corrected chi connectivity index (χ4v) is 18.9. The van der Waals surface area contributed by atoms with Crippen LogP contribution in [0.1, 0.15) is 157 Å². The quantitative estimate of drug-likeness (QED) is 0.0250. The third kappa shape index (κ3) is 19.7. The van der Waals surface area contributed by atoms with Gasteiger partial charge in [-0.05, 0) is 267 Å². The summed E-state index contributed by atoms with van der Waals surface area (Å²) in [7, 11) is 1.64. The summed E-state index contributed by atoms with van der Waals surface area (Å²) in [6.45, 7) is 18.6. The number of fused-ring (bicyclic) bond motifs is 12.